The first kappa shape index (κ1) is 54.6. The van der Waals surface area contributed by atoms with Gasteiger partial charge < -0.3 is 23.8 Å². The fourth-order valence-corrected chi connectivity index (χ4v) is 6.81. The van der Waals surface area contributed by atoms with Crippen molar-refractivity contribution in [3.05, 3.63) is 36.5 Å². The molecule has 57 heavy (non-hydrogen) atoms. The van der Waals surface area contributed by atoms with Crippen molar-refractivity contribution in [2.45, 2.75) is 219 Å². The van der Waals surface area contributed by atoms with Crippen molar-refractivity contribution < 1.29 is 38.2 Å². The molecule has 2 atom stereocenters. The Hall–Kier alpha value is -2.45. The highest BCUT2D eigenvalue weighted by Crippen LogP contribution is 2.14. The summed E-state index contributed by atoms with van der Waals surface area (Å²) < 4.78 is 17.2. The van der Waals surface area contributed by atoms with Crippen molar-refractivity contribution in [2.24, 2.45) is 0 Å². The van der Waals surface area contributed by atoms with Gasteiger partial charge in [-0.25, -0.2) is 4.79 Å². The molecule has 8 heteroatoms. The maximum Gasteiger partial charge on any atom is 0.362 e. The monoisotopic (exact) mass is 805 g/mol. The lowest BCUT2D eigenvalue weighted by atomic mass is 10.1. The van der Waals surface area contributed by atoms with Gasteiger partial charge in [-0.15, -0.1) is 0 Å². The molecule has 0 amide bonds. The van der Waals surface area contributed by atoms with Crippen LogP contribution in [0.15, 0.2) is 36.5 Å². The number of ether oxygens (including phenoxy) is 3. The number of carboxylic acid groups (broad SMARTS) is 1. The van der Waals surface area contributed by atoms with Crippen LogP contribution in [0.2, 0.25) is 0 Å². The van der Waals surface area contributed by atoms with Crippen LogP contribution in [0, 0.1) is 0 Å². The Morgan fingerprint density at radius 3 is 1.42 bits per heavy atom. The van der Waals surface area contributed by atoms with Gasteiger partial charge in [-0.1, -0.05) is 159 Å². The summed E-state index contributed by atoms with van der Waals surface area (Å²) in [5.41, 5.74) is 0. The largest absolute Gasteiger partial charge is 0.477 e. The van der Waals surface area contributed by atoms with Crippen molar-refractivity contribution >= 4 is 17.9 Å². The zero-order valence-corrected chi connectivity index (χ0v) is 37.8. The number of quaternary nitrogens is 1. The van der Waals surface area contributed by atoms with Gasteiger partial charge in [0.1, 0.15) is 6.61 Å². The van der Waals surface area contributed by atoms with Crippen molar-refractivity contribution in [1.82, 2.24) is 0 Å². The summed E-state index contributed by atoms with van der Waals surface area (Å²) in [6.07, 6.45) is 46.3. The summed E-state index contributed by atoms with van der Waals surface area (Å²) in [7, 11) is 5.52. The third-order valence-electron chi connectivity index (χ3n) is 10.5. The van der Waals surface area contributed by atoms with Crippen LogP contribution in [-0.2, 0) is 28.6 Å². The van der Waals surface area contributed by atoms with E-state index in [1.807, 2.05) is 21.1 Å². The Morgan fingerprint density at radius 1 is 0.526 bits per heavy atom. The predicted octanol–water partition coefficient (Wildman–Crippen LogP) is 13.0. The minimum atomic E-state index is -0.878. The van der Waals surface area contributed by atoms with Gasteiger partial charge in [0.15, 0.2) is 12.1 Å². The second-order valence-electron chi connectivity index (χ2n) is 17.0. The molecular weight excluding hydrogens is 715 g/mol. The van der Waals surface area contributed by atoms with E-state index in [4.69, 9.17) is 14.2 Å². The van der Waals surface area contributed by atoms with Gasteiger partial charge in [-0.05, 0) is 64.2 Å². The summed E-state index contributed by atoms with van der Waals surface area (Å²) in [5.74, 6) is -1.49. The highest BCUT2D eigenvalue weighted by atomic mass is 16.6. The molecule has 0 radical (unpaired) electrons. The SMILES string of the molecule is CCCC/C=C/CCCCCCC(=O)OC(COCCC(C(=O)O)[N+](C)(C)C)COC(=O)CCCCCCCCC/C=C/C/C=C/CCCCCCCCCCC. The average Bonchev–Trinajstić information content (AvgIpc) is 3.17. The van der Waals surface area contributed by atoms with Gasteiger partial charge in [0, 0.05) is 19.3 Å². The van der Waals surface area contributed by atoms with E-state index in [0.29, 0.717) is 19.3 Å². The number of hydrogen-bond donors (Lipinski definition) is 1. The molecule has 0 rings (SSSR count). The van der Waals surface area contributed by atoms with E-state index in [9.17, 15) is 19.5 Å². The van der Waals surface area contributed by atoms with Crippen LogP contribution in [0.3, 0.4) is 0 Å². The molecule has 0 saturated heterocycles. The molecule has 0 fully saturated rings. The molecule has 0 spiro atoms. The van der Waals surface area contributed by atoms with Gasteiger partial charge in [-0.2, -0.15) is 0 Å². The Kier molecular flexibility index (Phi) is 38.6. The molecule has 0 aromatic carbocycles. The first-order valence-corrected chi connectivity index (χ1v) is 23.5. The molecule has 1 N–H and O–H groups in total. The number of carboxylic acids is 1. The van der Waals surface area contributed by atoms with Crippen molar-refractivity contribution in [1.29, 1.82) is 0 Å². The number of nitrogens with zero attached hydrogens (tertiary/aromatic N) is 1. The highest BCUT2D eigenvalue weighted by Gasteiger charge is 2.31. The van der Waals surface area contributed by atoms with Crippen molar-refractivity contribution in [3.8, 4) is 0 Å². The van der Waals surface area contributed by atoms with Crippen LogP contribution in [0.1, 0.15) is 206 Å². The lowest BCUT2D eigenvalue weighted by Crippen LogP contribution is -2.50. The lowest BCUT2D eigenvalue weighted by molar-refractivity contribution is -0.887. The summed E-state index contributed by atoms with van der Waals surface area (Å²) in [6.45, 7) is 4.68. The van der Waals surface area contributed by atoms with Crippen LogP contribution in [0.25, 0.3) is 0 Å². The normalized spacial score (nSPS) is 13.2. The third-order valence-corrected chi connectivity index (χ3v) is 10.5. The number of esters is 2. The standard InChI is InChI=1S/C49H89NO7/c1-6-8-10-12-14-16-18-19-20-21-22-23-24-25-26-27-28-29-30-32-33-35-37-39-47(51)56-44-45(43-55-42-41-46(49(53)54)50(3,4)5)57-48(52)40-38-36-34-31-17-15-13-11-9-7-2/h13,15,22-23,25-26,45-46H,6-12,14,16-21,24,27-44H2,1-5H3/p+1/b15-13+,23-22+,26-25+. The zero-order chi connectivity index (χ0) is 42.1. The van der Waals surface area contributed by atoms with Crippen LogP contribution >= 0.6 is 0 Å². The number of carbonyl (C=O) groups is 3. The molecule has 0 aliphatic carbocycles. The summed E-state index contributed by atoms with van der Waals surface area (Å²) in [4.78, 5) is 36.9. The number of unbranched alkanes of at least 4 members (excludes halogenated alkanes) is 22. The molecule has 0 aliphatic rings. The quantitative estimate of drug-likeness (QED) is 0.0284. The van der Waals surface area contributed by atoms with Gasteiger partial charge in [0.25, 0.3) is 0 Å². The number of likely N-dealkylation sites (N-methyl/N-ethyl adjacent to an activating group) is 1. The molecule has 8 nitrogen and oxygen atoms in total. The Balaban J connectivity index is 4.20. The Morgan fingerprint density at radius 2 is 0.947 bits per heavy atom. The van der Waals surface area contributed by atoms with E-state index in [0.717, 1.165) is 70.6 Å². The average molecular weight is 805 g/mol. The molecule has 332 valence electrons. The summed E-state index contributed by atoms with van der Waals surface area (Å²) in [5, 5.41) is 9.61. The lowest BCUT2D eigenvalue weighted by Gasteiger charge is -2.31. The van der Waals surface area contributed by atoms with E-state index in [1.54, 1.807) is 0 Å². The third kappa shape index (κ3) is 38.8. The Bertz CT molecular complexity index is 1030. The Labute approximate surface area is 351 Å². The maximum absolute atomic E-state index is 12.7. The zero-order valence-electron chi connectivity index (χ0n) is 37.8. The van der Waals surface area contributed by atoms with Crippen molar-refractivity contribution in [2.75, 3.05) is 41.0 Å². The molecule has 2 unspecified atom stereocenters. The van der Waals surface area contributed by atoms with E-state index in [2.05, 4.69) is 50.3 Å². The van der Waals surface area contributed by atoms with Crippen LogP contribution in [-0.4, -0.2) is 80.6 Å². The number of carbonyl (C=O) groups excluding carboxylic acids is 2. The van der Waals surface area contributed by atoms with Crippen LogP contribution in [0.5, 0.6) is 0 Å². The number of aliphatic carboxylic acids is 1. The second kappa shape index (κ2) is 40.3. The van der Waals surface area contributed by atoms with Gasteiger partial charge in [-0.3, -0.25) is 9.59 Å². The smallest absolute Gasteiger partial charge is 0.362 e. The molecule has 0 bridgehead atoms. The van der Waals surface area contributed by atoms with Gasteiger partial charge >= 0.3 is 17.9 Å². The minimum Gasteiger partial charge on any atom is -0.477 e. The van der Waals surface area contributed by atoms with Gasteiger partial charge in [0.2, 0.25) is 0 Å². The number of allylic oxidation sites excluding steroid dienone is 6. The van der Waals surface area contributed by atoms with E-state index in [-0.39, 0.29) is 36.2 Å². The minimum absolute atomic E-state index is 0.0547. The van der Waals surface area contributed by atoms with E-state index < -0.39 is 18.1 Å². The van der Waals surface area contributed by atoms with E-state index >= 15 is 0 Å². The fourth-order valence-electron chi connectivity index (χ4n) is 6.81. The van der Waals surface area contributed by atoms with Crippen molar-refractivity contribution in [3.63, 3.8) is 0 Å². The molecule has 0 aromatic heterocycles. The molecule has 0 aromatic rings. The predicted molar refractivity (Wildman–Crippen MR) is 238 cm³/mol. The molecule has 0 saturated carbocycles. The van der Waals surface area contributed by atoms with Crippen LogP contribution in [0.4, 0.5) is 0 Å². The molecular formula is C49H90NO7+. The summed E-state index contributed by atoms with van der Waals surface area (Å²) in [6, 6.07) is -0.616. The number of hydrogen-bond acceptors (Lipinski definition) is 6. The first-order chi connectivity index (χ1) is 27.6. The van der Waals surface area contributed by atoms with E-state index in [1.165, 1.54) is 103 Å². The van der Waals surface area contributed by atoms with Gasteiger partial charge in [0.05, 0.1) is 34.4 Å². The molecule has 0 aliphatic heterocycles. The number of rotatable bonds is 42. The fraction of sp³-hybridized carbons (Fsp3) is 0.816. The maximum atomic E-state index is 12.7. The second-order valence-corrected chi connectivity index (χ2v) is 17.0. The highest BCUT2D eigenvalue weighted by molar-refractivity contribution is 5.72. The summed E-state index contributed by atoms with van der Waals surface area (Å²) >= 11 is 0. The topological polar surface area (TPSA) is 99.1 Å². The molecule has 0 heterocycles. The van der Waals surface area contributed by atoms with Crippen LogP contribution < -0.4 is 0 Å². The first-order valence-electron chi connectivity index (χ1n) is 23.5.